The second-order valence-electron chi connectivity index (χ2n) is 10.6. The van der Waals surface area contributed by atoms with E-state index in [1.165, 1.54) is 10.1 Å². The smallest absolute Gasteiger partial charge is 0.293 e. The van der Waals surface area contributed by atoms with Crippen LogP contribution in [0.4, 0.5) is 17.2 Å². The summed E-state index contributed by atoms with van der Waals surface area (Å²) in [5.74, 6) is 0.0466. The van der Waals surface area contributed by atoms with E-state index < -0.39 is 0 Å². The van der Waals surface area contributed by atoms with Gasteiger partial charge < -0.3 is 19.9 Å². The molecule has 0 saturated heterocycles. The summed E-state index contributed by atoms with van der Waals surface area (Å²) in [6, 6.07) is 11.5. The SMILES string of the molecule is CCn1cc(Nc2nc(-c3cccc(N4Cc5cc(C(C)(C)C)ccc5C4=O)c3CO)cn(C)c2=O)cn1. The number of hydrogen-bond donors (Lipinski definition) is 2. The van der Waals surface area contributed by atoms with Gasteiger partial charge in [-0.2, -0.15) is 5.10 Å². The van der Waals surface area contributed by atoms with Crippen molar-refractivity contribution in [3.8, 4) is 11.3 Å². The van der Waals surface area contributed by atoms with Gasteiger partial charge in [0.15, 0.2) is 5.82 Å². The molecule has 9 heteroatoms. The number of anilines is 3. The van der Waals surface area contributed by atoms with Crippen LogP contribution in [0.3, 0.4) is 0 Å². The highest BCUT2D eigenvalue weighted by Gasteiger charge is 2.31. The highest BCUT2D eigenvalue weighted by atomic mass is 16.3. The maximum Gasteiger partial charge on any atom is 0.293 e. The molecule has 5 rings (SSSR count). The minimum absolute atomic E-state index is 0.0302. The summed E-state index contributed by atoms with van der Waals surface area (Å²) < 4.78 is 3.20. The molecule has 2 aromatic carbocycles. The second kappa shape index (κ2) is 9.57. The number of rotatable bonds is 6. The van der Waals surface area contributed by atoms with Gasteiger partial charge in [-0.1, -0.05) is 45.0 Å². The molecule has 0 saturated carbocycles. The van der Waals surface area contributed by atoms with Gasteiger partial charge in [0.2, 0.25) is 0 Å². The monoisotopic (exact) mass is 512 g/mol. The highest BCUT2D eigenvalue weighted by molar-refractivity contribution is 6.10. The predicted molar refractivity (Wildman–Crippen MR) is 148 cm³/mol. The first kappa shape index (κ1) is 25.4. The molecular formula is C29H32N6O3. The van der Waals surface area contributed by atoms with Gasteiger partial charge in [0.25, 0.3) is 11.5 Å². The van der Waals surface area contributed by atoms with Crippen LogP contribution in [0.2, 0.25) is 0 Å². The van der Waals surface area contributed by atoms with Crippen LogP contribution in [-0.2, 0) is 32.2 Å². The van der Waals surface area contributed by atoms with Gasteiger partial charge in [0.1, 0.15) is 0 Å². The number of benzene rings is 2. The Balaban J connectivity index is 1.54. The molecule has 0 bridgehead atoms. The molecule has 0 unspecified atom stereocenters. The van der Waals surface area contributed by atoms with Crippen molar-refractivity contribution >= 4 is 23.1 Å². The lowest BCUT2D eigenvalue weighted by atomic mass is 9.85. The van der Waals surface area contributed by atoms with E-state index in [0.717, 1.165) is 5.56 Å². The Bertz CT molecular complexity index is 1590. The number of aliphatic hydroxyl groups is 1. The van der Waals surface area contributed by atoms with Gasteiger partial charge in [0.05, 0.1) is 36.4 Å². The van der Waals surface area contributed by atoms with Crippen molar-refractivity contribution in [3.05, 3.63) is 87.6 Å². The van der Waals surface area contributed by atoms with Gasteiger partial charge in [-0.25, -0.2) is 4.98 Å². The Morgan fingerprint density at radius 3 is 2.55 bits per heavy atom. The number of carbonyl (C=O) groups is 1. The molecule has 0 aliphatic carbocycles. The standard InChI is InChI=1S/C29H32N6O3/c1-6-34-15-20(13-30-34)31-26-28(38)33(5)16-24(32-26)22-8-7-9-25(23(22)17-36)35-14-18-12-19(29(2,3)4)10-11-21(18)27(35)37/h7-13,15-16,36H,6,14,17H2,1-5H3,(H,31,32). The molecule has 0 radical (unpaired) electrons. The minimum atomic E-state index is -0.296. The lowest BCUT2D eigenvalue weighted by molar-refractivity contribution is 0.0996. The van der Waals surface area contributed by atoms with Crippen molar-refractivity contribution in [3.63, 3.8) is 0 Å². The van der Waals surface area contributed by atoms with Crippen molar-refractivity contribution in [1.29, 1.82) is 0 Å². The Kier molecular flexibility index (Phi) is 6.40. The fourth-order valence-electron chi connectivity index (χ4n) is 4.77. The molecule has 0 spiro atoms. The molecule has 196 valence electrons. The topological polar surface area (TPSA) is 105 Å². The van der Waals surface area contributed by atoms with Crippen LogP contribution in [0.15, 0.2) is 59.8 Å². The molecule has 0 atom stereocenters. The van der Waals surface area contributed by atoms with Gasteiger partial charge in [-0.3, -0.25) is 14.3 Å². The number of aliphatic hydroxyl groups excluding tert-OH is 1. The van der Waals surface area contributed by atoms with E-state index >= 15 is 0 Å². The number of aryl methyl sites for hydroxylation is 2. The third-order valence-corrected chi connectivity index (χ3v) is 6.94. The number of hydrogen-bond acceptors (Lipinski definition) is 6. The normalized spacial score (nSPS) is 13.2. The first-order valence-electron chi connectivity index (χ1n) is 12.7. The zero-order valence-electron chi connectivity index (χ0n) is 22.3. The van der Waals surface area contributed by atoms with E-state index in [9.17, 15) is 14.7 Å². The minimum Gasteiger partial charge on any atom is -0.392 e. The third kappa shape index (κ3) is 4.50. The molecule has 38 heavy (non-hydrogen) atoms. The van der Waals surface area contributed by atoms with E-state index in [2.05, 4.69) is 42.2 Å². The van der Waals surface area contributed by atoms with Crippen LogP contribution in [-0.4, -0.2) is 30.3 Å². The lowest BCUT2D eigenvalue weighted by Gasteiger charge is -2.21. The van der Waals surface area contributed by atoms with Gasteiger partial charge in [0, 0.05) is 42.7 Å². The summed E-state index contributed by atoms with van der Waals surface area (Å²) in [6.07, 6.45) is 5.07. The average Bonchev–Trinajstić information content (AvgIpc) is 3.49. The number of fused-ring (bicyclic) bond motifs is 1. The van der Waals surface area contributed by atoms with Crippen LogP contribution in [0.25, 0.3) is 11.3 Å². The summed E-state index contributed by atoms with van der Waals surface area (Å²) in [7, 11) is 1.66. The van der Waals surface area contributed by atoms with Crippen molar-refractivity contribution in [1.82, 2.24) is 19.3 Å². The highest BCUT2D eigenvalue weighted by Crippen LogP contribution is 2.37. The van der Waals surface area contributed by atoms with E-state index in [0.29, 0.717) is 46.8 Å². The zero-order valence-corrected chi connectivity index (χ0v) is 22.3. The van der Waals surface area contributed by atoms with E-state index in [1.54, 1.807) is 35.2 Å². The molecule has 2 N–H and O–H groups in total. The van der Waals surface area contributed by atoms with E-state index in [4.69, 9.17) is 0 Å². The molecule has 3 heterocycles. The largest absolute Gasteiger partial charge is 0.392 e. The van der Waals surface area contributed by atoms with Crippen molar-refractivity contribution in [2.24, 2.45) is 7.05 Å². The summed E-state index contributed by atoms with van der Waals surface area (Å²) in [6.45, 7) is 9.25. The zero-order chi connectivity index (χ0) is 27.2. The second-order valence-corrected chi connectivity index (χ2v) is 10.6. The number of nitrogens with one attached hydrogen (secondary N) is 1. The first-order valence-corrected chi connectivity index (χ1v) is 12.7. The number of amides is 1. The molecule has 2 aromatic heterocycles. The lowest BCUT2D eigenvalue weighted by Crippen LogP contribution is -2.25. The summed E-state index contributed by atoms with van der Waals surface area (Å²) in [5, 5.41) is 17.8. The van der Waals surface area contributed by atoms with Crippen LogP contribution in [0, 0.1) is 0 Å². The number of nitrogens with zero attached hydrogens (tertiary/aromatic N) is 5. The van der Waals surface area contributed by atoms with E-state index in [-0.39, 0.29) is 29.3 Å². The maximum atomic E-state index is 13.4. The van der Waals surface area contributed by atoms with Crippen molar-refractivity contribution in [2.75, 3.05) is 10.2 Å². The predicted octanol–water partition coefficient (Wildman–Crippen LogP) is 4.36. The van der Waals surface area contributed by atoms with Crippen LogP contribution >= 0.6 is 0 Å². The van der Waals surface area contributed by atoms with Crippen LogP contribution in [0.1, 0.15) is 54.7 Å². The number of aromatic nitrogens is 4. The molecule has 9 nitrogen and oxygen atoms in total. The molecular weight excluding hydrogens is 480 g/mol. The molecule has 1 amide bonds. The molecule has 1 aliphatic heterocycles. The summed E-state index contributed by atoms with van der Waals surface area (Å²) >= 11 is 0. The Hall–Kier alpha value is -4.24. The molecule has 1 aliphatic rings. The van der Waals surface area contributed by atoms with Gasteiger partial charge >= 0.3 is 0 Å². The van der Waals surface area contributed by atoms with Gasteiger partial charge in [-0.05, 0) is 35.6 Å². The van der Waals surface area contributed by atoms with Gasteiger partial charge in [-0.15, -0.1) is 0 Å². The maximum absolute atomic E-state index is 13.4. The van der Waals surface area contributed by atoms with Crippen LogP contribution < -0.4 is 15.8 Å². The fraction of sp³-hybridized carbons (Fsp3) is 0.310. The Morgan fingerprint density at radius 2 is 1.87 bits per heavy atom. The summed E-state index contributed by atoms with van der Waals surface area (Å²) in [5.41, 5.74) is 5.48. The van der Waals surface area contributed by atoms with Crippen LogP contribution in [0.5, 0.6) is 0 Å². The fourth-order valence-corrected chi connectivity index (χ4v) is 4.77. The first-order chi connectivity index (χ1) is 18.1. The quantitative estimate of drug-likeness (QED) is 0.398. The Morgan fingerprint density at radius 1 is 1.08 bits per heavy atom. The summed E-state index contributed by atoms with van der Waals surface area (Å²) in [4.78, 5) is 32.6. The van der Waals surface area contributed by atoms with Crippen molar-refractivity contribution in [2.45, 2.75) is 52.8 Å². The molecule has 4 aromatic rings. The third-order valence-electron chi connectivity index (χ3n) is 6.94. The molecule has 0 fully saturated rings. The average molecular weight is 513 g/mol. The van der Waals surface area contributed by atoms with Crippen molar-refractivity contribution < 1.29 is 9.90 Å². The number of carbonyl (C=O) groups excluding carboxylic acids is 1. The van der Waals surface area contributed by atoms with E-state index in [1.807, 2.05) is 37.3 Å². The Labute approximate surface area is 221 Å².